The largest absolute Gasteiger partial charge is 0.391 e. The van der Waals surface area contributed by atoms with Crippen molar-refractivity contribution >= 4 is 27.0 Å². The van der Waals surface area contributed by atoms with Crippen LogP contribution in [0.5, 0.6) is 0 Å². The van der Waals surface area contributed by atoms with E-state index < -0.39 is 28.0 Å². The summed E-state index contributed by atoms with van der Waals surface area (Å²) in [6.07, 6.45) is -2.83. The van der Waals surface area contributed by atoms with Gasteiger partial charge in [-0.05, 0) is 56.3 Å². The summed E-state index contributed by atoms with van der Waals surface area (Å²) in [6, 6.07) is 12.5. The Bertz CT molecular complexity index is 1330. The molecule has 1 saturated carbocycles. The Labute approximate surface area is 201 Å². The first-order valence-electron chi connectivity index (χ1n) is 11.4. The number of imidazole rings is 1. The van der Waals surface area contributed by atoms with Crippen molar-refractivity contribution in [2.75, 3.05) is 7.05 Å². The monoisotopic (exact) mass is 508 g/mol. The number of fused-ring (bicyclic) bond motifs is 1. The molecule has 0 spiro atoms. The Morgan fingerprint density at radius 3 is 2.34 bits per heavy atom. The van der Waals surface area contributed by atoms with Crippen molar-refractivity contribution in [3.63, 3.8) is 0 Å². The summed E-state index contributed by atoms with van der Waals surface area (Å²) in [5, 5.41) is 0. The molecular weight excluding hydrogens is 481 g/mol. The number of sulfonamides is 1. The van der Waals surface area contributed by atoms with Gasteiger partial charge in [-0.1, -0.05) is 30.3 Å². The van der Waals surface area contributed by atoms with E-state index >= 15 is 0 Å². The fraction of sp³-hybridized carbons (Fsp3) is 0.417. The van der Waals surface area contributed by atoms with Crippen molar-refractivity contribution in [2.45, 2.75) is 49.7 Å². The van der Waals surface area contributed by atoms with Gasteiger partial charge in [-0.2, -0.15) is 13.2 Å². The maximum atomic E-state index is 13.1. The molecule has 1 aliphatic carbocycles. The van der Waals surface area contributed by atoms with Gasteiger partial charge in [0.25, 0.3) is 0 Å². The van der Waals surface area contributed by atoms with Crippen LogP contribution in [0.3, 0.4) is 0 Å². The number of carbonyl (C=O) groups excluding carboxylic acids is 1. The molecule has 1 heterocycles. The normalized spacial score (nSPS) is 19.2. The number of hydrogen-bond acceptors (Lipinski definition) is 4. The maximum Gasteiger partial charge on any atom is 0.391 e. The molecule has 0 aliphatic heterocycles. The lowest BCUT2D eigenvalue weighted by atomic mass is 9.80. The fourth-order valence-corrected chi connectivity index (χ4v) is 5.90. The summed E-state index contributed by atoms with van der Waals surface area (Å²) in [5.41, 5.74) is 6.86. The minimum Gasteiger partial charge on any atom is -0.366 e. The highest BCUT2D eigenvalue weighted by atomic mass is 32.2. The lowest BCUT2D eigenvalue weighted by molar-refractivity contribution is -0.183. The average Bonchev–Trinajstić information content (AvgIpc) is 3.15. The molecule has 3 aromatic rings. The van der Waals surface area contributed by atoms with Crippen molar-refractivity contribution in [3.8, 4) is 0 Å². The van der Waals surface area contributed by atoms with Crippen LogP contribution in [0.1, 0.15) is 47.4 Å². The second kappa shape index (κ2) is 9.62. The second-order valence-corrected chi connectivity index (χ2v) is 10.8. The Morgan fingerprint density at radius 2 is 1.77 bits per heavy atom. The topological polar surface area (TPSA) is 107 Å². The van der Waals surface area contributed by atoms with Gasteiger partial charge in [0.05, 0.1) is 17.0 Å². The van der Waals surface area contributed by atoms with Gasteiger partial charge in [-0.3, -0.25) is 4.79 Å². The number of carbonyl (C=O) groups is 1. The van der Waals surface area contributed by atoms with Crippen molar-refractivity contribution < 1.29 is 26.4 Å². The molecule has 7 nitrogen and oxygen atoms in total. The molecule has 1 aromatic heterocycles. The number of nitrogens with two attached hydrogens (primary N) is 1. The molecule has 188 valence electrons. The van der Waals surface area contributed by atoms with Crippen LogP contribution in [0.25, 0.3) is 11.0 Å². The minimum atomic E-state index is -4.19. The lowest BCUT2D eigenvalue weighted by Gasteiger charge is -2.29. The number of hydrogen-bond donors (Lipinski definition) is 2. The zero-order valence-electron chi connectivity index (χ0n) is 19.2. The number of rotatable bonds is 7. The molecule has 1 fully saturated rings. The van der Waals surface area contributed by atoms with Gasteiger partial charge in [-0.25, -0.2) is 18.1 Å². The SMILES string of the molecule is CNS(=O)(=O)c1c(C(N)=O)ccc2c1nc(CC1CCC(C(F)(F)F)CC1)n2Cc1ccccc1. The summed E-state index contributed by atoms with van der Waals surface area (Å²) in [4.78, 5) is 16.4. The van der Waals surface area contributed by atoms with Crippen LogP contribution in [-0.2, 0) is 23.0 Å². The summed E-state index contributed by atoms with van der Waals surface area (Å²) < 4.78 is 69.2. The number of aromatic nitrogens is 2. The third-order valence-corrected chi connectivity index (χ3v) is 8.21. The minimum absolute atomic E-state index is 0.0140. The molecule has 0 unspecified atom stereocenters. The molecular formula is C24H27F3N4O3S. The van der Waals surface area contributed by atoms with Gasteiger partial charge < -0.3 is 10.3 Å². The molecule has 0 atom stereocenters. The zero-order chi connectivity index (χ0) is 25.4. The predicted molar refractivity (Wildman–Crippen MR) is 125 cm³/mol. The molecule has 4 rings (SSSR count). The van der Waals surface area contributed by atoms with E-state index in [1.165, 1.54) is 13.1 Å². The summed E-state index contributed by atoms with van der Waals surface area (Å²) in [7, 11) is -2.85. The van der Waals surface area contributed by atoms with Crippen LogP contribution >= 0.6 is 0 Å². The molecule has 1 aliphatic rings. The molecule has 2 aromatic carbocycles. The van der Waals surface area contributed by atoms with E-state index in [9.17, 15) is 26.4 Å². The lowest BCUT2D eigenvalue weighted by Crippen LogP contribution is -2.28. The average molecular weight is 509 g/mol. The van der Waals surface area contributed by atoms with Crippen molar-refractivity contribution in [2.24, 2.45) is 17.6 Å². The van der Waals surface area contributed by atoms with Gasteiger partial charge in [0.1, 0.15) is 16.2 Å². The Balaban J connectivity index is 1.80. The quantitative estimate of drug-likeness (QED) is 0.503. The standard InChI is InChI=1S/C24H27F3N4O3S/c1-29-35(33,34)22-18(23(28)32)11-12-19-21(22)30-20(31(19)14-16-5-3-2-4-6-16)13-15-7-9-17(10-8-15)24(25,26)27/h2-6,11-12,15,17,29H,7-10,13-14H2,1H3,(H2,28,32). The molecule has 35 heavy (non-hydrogen) atoms. The van der Waals surface area contributed by atoms with E-state index in [4.69, 9.17) is 5.73 Å². The molecule has 1 amide bonds. The van der Waals surface area contributed by atoms with Crippen LogP contribution in [0.2, 0.25) is 0 Å². The summed E-state index contributed by atoms with van der Waals surface area (Å²) in [5.74, 6) is -1.63. The van der Waals surface area contributed by atoms with Crippen LogP contribution < -0.4 is 10.5 Å². The number of nitrogens with one attached hydrogen (secondary N) is 1. The number of benzene rings is 2. The first-order valence-corrected chi connectivity index (χ1v) is 12.9. The highest BCUT2D eigenvalue weighted by Gasteiger charge is 2.41. The Hall–Kier alpha value is -2.92. The molecule has 0 radical (unpaired) electrons. The summed E-state index contributed by atoms with van der Waals surface area (Å²) in [6.45, 7) is 0.388. The smallest absolute Gasteiger partial charge is 0.366 e. The van der Waals surface area contributed by atoms with Crippen LogP contribution in [0.15, 0.2) is 47.4 Å². The van der Waals surface area contributed by atoms with E-state index in [1.807, 2.05) is 34.9 Å². The van der Waals surface area contributed by atoms with Crippen molar-refractivity contribution in [3.05, 3.63) is 59.4 Å². The number of halogens is 3. The molecule has 0 saturated heterocycles. The third kappa shape index (κ3) is 5.20. The van der Waals surface area contributed by atoms with Gasteiger partial charge in [0.2, 0.25) is 15.9 Å². The highest BCUT2D eigenvalue weighted by Crippen LogP contribution is 2.40. The van der Waals surface area contributed by atoms with E-state index in [0.29, 0.717) is 37.1 Å². The third-order valence-electron chi connectivity index (χ3n) is 6.72. The number of nitrogens with zero attached hydrogens (tertiary/aromatic N) is 2. The highest BCUT2D eigenvalue weighted by molar-refractivity contribution is 7.89. The van der Waals surface area contributed by atoms with Gasteiger partial charge in [0.15, 0.2) is 0 Å². The zero-order valence-corrected chi connectivity index (χ0v) is 20.0. The first kappa shape index (κ1) is 25.2. The second-order valence-electron chi connectivity index (χ2n) is 8.94. The van der Waals surface area contributed by atoms with Crippen LogP contribution in [0, 0.1) is 11.8 Å². The maximum absolute atomic E-state index is 13.1. The molecule has 11 heteroatoms. The van der Waals surface area contributed by atoms with Crippen LogP contribution in [-0.4, -0.2) is 37.1 Å². The van der Waals surface area contributed by atoms with E-state index in [-0.39, 0.29) is 34.7 Å². The number of amides is 1. The van der Waals surface area contributed by atoms with E-state index in [1.54, 1.807) is 6.07 Å². The van der Waals surface area contributed by atoms with E-state index in [0.717, 1.165) is 5.56 Å². The van der Waals surface area contributed by atoms with Crippen molar-refractivity contribution in [1.82, 2.24) is 14.3 Å². The van der Waals surface area contributed by atoms with Gasteiger partial charge in [0, 0.05) is 13.0 Å². The van der Waals surface area contributed by atoms with Gasteiger partial charge >= 0.3 is 6.18 Å². The molecule has 0 bridgehead atoms. The van der Waals surface area contributed by atoms with E-state index in [2.05, 4.69) is 9.71 Å². The summed E-state index contributed by atoms with van der Waals surface area (Å²) >= 11 is 0. The van der Waals surface area contributed by atoms with Crippen molar-refractivity contribution in [1.29, 1.82) is 0 Å². The van der Waals surface area contributed by atoms with Gasteiger partial charge in [-0.15, -0.1) is 0 Å². The first-order chi connectivity index (χ1) is 16.5. The number of primary amides is 1. The molecule has 3 N–H and O–H groups in total. The van der Waals surface area contributed by atoms with Crippen LogP contribution in [0.4, 0.5) is 13.2 Å². The fourth-order valence-electron chi connectivity index (χ4n) is 4.83. The Morgan fingerprint density at radius 1 is 1.11 bits per heavy atom. The number of alkyl halides is 3. The predicted octanol–water partition coefficient (Wildman–Crippen LogP) is 4.00. The Kier molecular flexibility index (Phi) is 6.92.